The van der Waals surface area contributed by atoms with Crippen molar-refractivity contribution in [1.29, 1.82) is 0 Å². The Bertz CT molecular complexity index is 1100. The summed E-state index contributed by atoms with van der Waals surface area (Å²) in [6.45, 7) is 0. The quantitative estimate of drug-likeness (QED) is 0.622. The van der Waals surface area contributed by atoms with Gasteiger partial charge in [0.2, 0.25) is 11.8 Å². The van der Waals surface area contributed by atoms with Crippen LogP contribution in [-0.2, 0) is 20.8 Å². The molecule has 2 aromatic carbocycles. The number of hydrogen-bond acceptors (Lipinski definition) is 3. The number of hydrogen-bond donors (Lipinski definition) is 3. The van der Waals surface area contributed by atoms with Gasteiger partial charge in [0, 0.05) is 42.7 Å². The summed E-state index contributed by atoms with van der Waals surface area (Å²) >= 11 is 0. The van der Waals surface area contributed by atoms with E-state index in [9.17, 15) is 19.5 Å². The van der Waals surface area contributed by atoms with Crippen LogP contribution in [0.15, 0.2) is 54.7 Å². The standard InChI is InChI=1S/C22H21N3O4/c1-25-19-9-5-3-7-15(19)16(11-20(25)26)21(27)24-18(22(28)29)10-13-12-23-17-8-4-2-6-14(13)17/h2-9,12,16,18,23H,10-11H2,1H3,(H,24,27)(H,28,29)/t16-,18+/m0/s1. The largest absolute Gasteiger partial charge is 0.480 e. The summed E-state index contributed by atoms with van der Waals surface area (Å²) < 4.78 is 0. The smallest absolute Gasteiger partial charge is 0.326 e. The first-order valence-corrected chi connectivity index (χ1v) is 9.39. The van der Waals surface area contributed by atoms with E-state index in [0.29, 0.717) is 5.69 Å². The van der Waals surface area contributed by atoms with Crippen LogP contribution in [-0.4, -0.2) is 41.0 Å². The van der Waals surface area contributed by atoms with Gasteiger partial charge in [0.05, 0.1) is 5.92 Å². The molecule has 7 heteroatoms. The van der Waals surface area contributed by atoms with Gasteiger partial charge in [-0.05, 0) is 23.3 Å². The summed E-state index contributed by atoms with van der Waals surface area (Å²) in [5, 5.41) is 13.2. The number of nitrogens with one attached hydrogen (secondary N) is 2. The minimum atomic E-state index is -1.11. The van der Waals surface area contributed by atoms with Crippen LogP contribution < -0.4 is 10.2 Å². The first-order chi connectivity index (χ1) is 14.0. The fourth-order valence-corrected chi connectivity index (χ4v) is 3.87. The monoisotopic (exact) mass is 391 g/mol. The fourth-order valence-electron chi connectivity index (χ4n) is 3.87. The number of aromatic nitrogens is 1. The Kier molecular flexibility index (Phi) is 4.80. The summed E-state index contributed by atoms with van der Waals surface area (Å²) in [6, 6.07) is 13.7. The predicted molar refractivity (Wildman–Crippen MR) is 109 cm³/mol. The zero-order valence-corrected chi connectivity index (χ0v) is 15.9. The van der Waals surface area contributed by atoms with Crippen molar-refractivity contribution >= 4 is 34.4 Å². The highest BCUT2D eigenvalue weighted by Crippen LogP contribution is 2.35. The number of fused-ring (bicyclic) bond motifs is 2. The van der Waals surface area contributed by atoms with E-state index in [4.69, 9.17) is 0 Å². The lowest BCUT2D eigenvalue weighted by Crippen LogP contribution is -2.46. The summed E-state index contributed by atoms with van der Waals surface area (Å²) in [4.78, 5) is 41.8. The van der Waals surface area contributed by atoms with Gasteiger partial charge in [0.25, 0.3) is 0 Å². The van der Waals surface area contributed by atoms with Crippen molar-refractivity contribution in [3.63, 3.8) is 0 Å². The molecule has 0 unspecified atom stereocenters. The summed E-state index contributed by atoms with van der Waals surface area (Å²) in [5.74, 6) is -2.45. The van der Waals surface area contributed by atoms with Crippen LogP contribution in [0.1, 0.15) is 23.5 Å². The second kappa shape index (κ2) is 7.43. The number of aliphatic carboxylic acids is 1. The normalized spacial score (nSPS) is 17.1. The average Bonchev–Trinajstić information content (AvgIpc) is 3.13. The molecule has 2 heterocycles. The zero-order chi connectivity index (χ0) is 20.5. The van der Waals surface area contributed by atoms with E-state index in [-0.39, 0.29) is 18.7 Å². The maximum absolute atomic E-state index is 13.0. The first-order valence-electron chi connectivity index (χ1n) is 9.39. The number of amides is 2. The van der Waals surface area contributed by atoms with Crippen molar-refractivity contribution in [2.24, 2.45) is 0 Å². The fraction of sp³-hybridized carbons (Fsp3) is 0.227. The van der Waals surface area contributed by atoms with E-state index in [1.807, 2.05) is 30.3 Å². The van der Waals surface area contributed by atoms with Crippen molar-refractivity contribution in [3.8, 4) is 0 Å². The lowest BCUT2D eigenvalue weighted by atomic mass is 9.88. The van der Waals surface area contributed by atoms with Crippen molar-refractivity contribution in [2.75, 3.05) is 11.9 Å². The van der Waals surface area contributed by atoms with Crippen molar-refractivity contribution in [3.05, 3.63) is 65.9 Å². The number of anilines is 1. The molecule has 0 aliphatic carbocycles. The molecule has 0 saturated carbocycles. The number of benzene rings is 2. The SMILES string of the molecule is CN1C(=O)C[C@H](C(=O)N[C@H](Cc2c[nH]c3ccccc23)C(=O)O)c2ccccc21. The number of aromatic amines is 1. The second-order valence-electron chi connectivity index (χ2n) is 7.23. The zero-order valence-electron chi connectivity index (χ0n) is 15.9. The van der Waals surface area contributed by atoms with Crippen molar-refractivity contribution < 1.29 is 19.5 Å². The van der Waals surface area contributed by atoms with E-state index in [1.165, 1.54) is 4.90 Å². The number of para-hydroxylation sites is 2. The van der Waals surface area contributed by atoms with Gasteiger partial charge < -0.3 is 20.3 Å². The van der Waals surface area contributed by atoms with E-state index in [1.54, 1.807) is 31.4 Å². The van der Waals surface area contributed by atoms with Crippen LogP contribution >= 0.6 is 0 Å². The van der Waals surface area contributed by atoms with Crippen molar-refractivity contribution in [1.82, 2.24) is 10.3 Å². The highest BCUT2D eigenvalue weighted by molar-refractivity contribution is 6.03. The maximum Gasteiger partial charge on any atom is 0.326 e. The molecule has 0 fully saturated rings. The first kappa shape index (κ1) is 18.7. The molecule has 1 aliphatic heterocycles. The number of rotatable bonds is 5. The van der Waals surface area contributed by atoms with Crippen LogP contribution in [0, 0.1) is 0 Å². The van der Waals surface area contributed by atoms with Gasteiger partial charge in [-0.3, -0.25) is 9.59 Å². The van der Waals surface area contributed by atoms with Crippen LogP contribution in [0.2, 0.25) is 0 Å². The van der Waals surface area contributed by atoms with Gasteiger partial charge in [-0.2, -0.15) is 0 Å². The molecule has 29 heavy (non-hydrogen) atoms. The third-order valence-electron chi connectivity index (χ3n) is 5.46. The molecule has 148 valence electrons. The third-order valence-corrected chi connectivity index (χ3v) is 5.46. The molecule has 0 radical (unpaired) electrons. The van der Waals surface area contributed by atoms with Crippen LogP contribution in [0.5, 0.6) is 0 Å². The Morgan fingerprint density at radius 3 is 2.72 bits per heavy atom. The highest BCUT2D eigenvalue weighted by atomic mass is 16.4. The van der Waals surface area contributed by atoms with Crippen LogP contribution in [0.3, 0.4) is 0 Å². The average molecular weight is 391 g/mol. The maximum atomic E-state index is 13.0. The lowest BCUT2D eigenvalue weighted by Gasteiger charge is -2.31. The van der Waals surface area contributed by atoms with Crippen molar-refractivity contribution in [2.45, 2.75) is 24.8 Å². The van der Waals surface area contributed by atoms with E-state index in [2.05, 4.69) is 10.3 Å². The van der Waals surface area contributed by atoms with Crippen LogP contribution in [0.25, 0.3) is 10.9 Å². The Labute approximate surface area is 167 Å². The van der Waals surface area contributed by atoms with Crippen LogP contribution in [0.4, 0.5) is 5.69 Å². The van der Waals surface area contributed by atoms with Gasteiger partial charge in [0.15, 0.2) is 0 Å². The lowest BCUT2D eigenvalue weighted by molar-refractivity contribution is -0.142. The minimum absolute atomic E-state index is 0.0127. The topological polar surface area (TPSA) is 103 Å². The minimum Gasteiger partial charge on any atom is -0.480 e. The molecule has 3 N–H and O–H groups in total. The number of carboxylic acid groups (broad SMARTS) is 1. The number of H-pyrrole nitrogens is 1. The highest BCUT2D eigenvalue weighted by Gasteiger charge is 2.35. The Hall–Kier alpha value is -3.61. The molecular formula is C22H21N3O4. The van der Waals surface area contributed by atoms with E-state index < -0.39 is 23.8 Å². The van der Waals surface area contributed by atoms with Gasteiger partial charge in [-0.25, -0.2) is 4.79 Å². The Morgan fingerprint density at radius 2 is 1.93 bits per heavy atom. The van der Waals surface area contributed by atoms with Gasteiger partial charge in [-0.15, -0.1) is 0 Å². The molecule has 2 amide bonds. The molecule has 4 rings (SSSR count). The molecule has 0 saturated heterocycles. The van der Waals surface area contributed by atoms with Gasteiger partial charge in [-0.1, -0.05) is 36.4 Å². The van der Waals surface area contributed by atoms with Gasteiger partial charge >= 0.3 is 5.97 Å². The molecule has 3 aromatic rings. The number of carbonyl (C=O) groups excluding carboxylic acids is 2. The Balaban J connectivity index is 1.58. The molecule has 1 aromatic heterocycles. The summed E-state index contributed by atoms with van der Waals surface area (Å²) in [6.07, 6.45) is 1.92. The predicted octanol–water partition coefficient (Wildman–Crippen LogP) is 2.43. The van der Waals surface area contributed by atoms with Gasteiger partial charge in [0.1, 0.15) is 6.04 Å². The summed E-state index contributed by atoms with van der Waals surface area (Å²) in [5.41, 5.74) is 3.12. The molecule has 0 bridgehead atoms. The van der Waals surface area contributed by atoms with E-state index >= 15 is 0 Å². The third kappa shape index (κ3) is 3.47. The molecule has 0 spiro atoms. The molecule has 2 atom stereocenters. The van der Waals surface area contributed by atoms with E-state index in [0.717, 1.165) is 22.0 Å². The Morgan fingerprint density at radius 1 is 1.21 bits per heavy atom. The molecular weight excluding hydrogens is 370 g/mol. The number of carbonyl (C=O) groups is 3. The molecule has 1 aliphatic rings. The number of carboxylic acids is 1. The second-order valence-corrected chi connectivity index (χ2v) is 7.23. The summed E-state index contributed by atoms with van der Waals surface area (Å²) in [7, 11) is 1.67. The number of nitrogens with zero attached hydrogens (tertiary/aromatic N) is 1. The molecule has 7 nitrogen and oxygen atoms in total.